The maximum atomic E-state index is 12.6. The Bertz CT molecular complexity index is 471. The molecule has 0 aromatic heterocycles. The van der Waals surface area contributed by atoms with Crippen LogP contribution in [0.3, 0.4) is 0 Å². The number of anilines is 2. The minimum absolute atomic E-state index is 0.195. The van der Waals surface area contributed by atoms with E-state index in [0.717, 1.165) is 25.0 Å². The van der Waals surface area contributed by atoms with Gasteiger partial charge in [0.1, 0.15) is 0 Å². The lowest BCUT2D eigenvalue weighted by molar-refractivity contribution is -0.137. The number of benzene rings is 1. The third kappa shape index (κ3) is 3.02. The van der Waals surface area contributed by atoms with E-state index in [4.69, 9.17) is 5.73 Å². The van der Waals surface area contributed by atoms with Crippen LogP contribution in [0.15, 0.2) is 18.2 Å². The second-order valence-electron chi connectivity index (χ2n) is 5.71. The van der Waals surface area contributed by atoms with Gasteiger partial charge in [-0.2, -0.15) is 13.2 Å². The summed E-state index contributed by atoms with van der Waals surface area (Å²) in [7, 11) is 1.92. The summed E-state index contributed by atoms with van der Waals surface area (Å²) in [6.07, 6.45) is 0.283. The van der Waals surface area contributed by atoms with Crippen molar-refractivity contribution in [1.29, 1.82) is 0 Å². The molecule has 1 aromatic carbocycles. The van der Waals surface area contributed by atoms with E-state index in [9.17, 15) is 13.2 Å². The third-order valence-corrected chi connectivity index (χ3v) is 4.30. The van der Waals surface area contributed by atoms with Gasteiger partial charge in [-0.3, -0.25) is 0 Å². The maximum absolute atomic E-state index is 12.6. The molecule has 20 heavy (non-hydrogen) atoms. The number of hydrogen-bond donors (Lipinski definition) is 1. The predicted molar refractivity (Wildman–Crippen MR) is 75.7 cm³/mol. The normalized spacial score (nSPS) is 23.6. The zero-order valence-electron chi connectivity index (χ0n) is 11.9. The van der Waals surface area contributed by atoms with E-state index in [2.05, 4.69) is 6.92 Å². The Morgan fingerprint density at radius 3 is 2.40 bits per heavy atom. The molecule has 1 aliphatic carbocycles. The lowest BCUT2D eigenvalue weighted by atomic mass is 9.85. The van der Waals surface area contributed by atoms with Crippen molar-refractivity contribution in [1.82, 2.24) is 0 Å². The van der Waals surface area contributed by atoms with Crippen LogP contribution in [0.1, 0.15) is 38.2 Å². The molecule has 1 aliphatic rings. The predicted octanol–water partition coefficient (Wildman–Crippen LogP) is 4.30. The first kappa shape index (κ1) is 15.0. The minimum Gasteiger partial charge on any atom is -0.397 e. The van der Waals surface area contributed by atoms with Crippen LogP contribution in [0.25, 0.3) is 0 Å². The van der Waals surface area contributed by atoms with Gasteiger partial charge in [0.2, 0.25) is 0 Å². The Morgan fingerprint density at radius 1 is 1.20 bits per heavy atom. The fraction of sp³-hybridized carbons (Fsp3) is 0.600. The number of alkyl halides is 3. The molecule has 1 saturated carbocycles. The number of rotatable bonds is 2. The van der Waals surface area contributed by atoms with Gasteiger partial charge in [0.05, 0.1) is 16.9 Å². The molecular weight excluding hydrogens is 265 g/mol. The fourth-order valence-electron chi connectivity index (χ4n) is 3.10. The maximum Gasteiger partial charge on any atom is 0.416 e. The number of hydrogen-bond acceptors (Lipinski definition) is 2. The summed E-state index contributed by atoms with van der Waals surface area (Å²) < 4.78 is 37.9. The molecule has 5 heteroatoms. The summed E-state index contributed by atoms with van der Waals surface area (Å²) in [5.74, 6) is 0.537. The van der Waals surface area contributed by atoms with E-state index in [1.165, 1.54) is 18.9 Å². The van der Waals surface area contributed by atoms with Crippen LogP contribution >= 0.6 is 0 Å². The van der Waals surface area contributed by atoms with Crippen molar-refractivity contribution in [3.8, 4) is 0 Å². The van der Waals surface area contributed by atoms with E-state index in [-0.39, 0.29) is 5.69 Å². The van der Waals surface area contributed by atoms with Gasteiger partial charge in [-0.05, 0) is 37.0 Å². The van der Waals surface area contributed by atoms with E-state index in [1.54, 1.807) is 0 Å². The van der Waals surface area contributed by atoms with Gasteiger partial charge in [0, 0.05) is 13.1 Å². The molecule has 1 fully saturated rings. The molecule has 0 amide bonds. The first-order chi connectivity index (χ1) is 9.30. The van der Waals surface area contributed by atoms with Crippen molar-refractivity contribution in [2.24, 2.45) is 5.92 Å². The zero-order chi connectivity index (χ0) is 14.9. The number of nitrogens with two attached hydrogens (primary N) is 1. The molecule has 2 atom stereocenters. The highest BCUT2D eigenvalue weighted by molar-refractivity contribution is 5.69. The molecule has 0 bridgehead atoms. The van der Waals surface area contributed by atoms with Crippen LogP contribution in [0.2, 0.25) is 0 Å². The fourth-order valence-corrected chi connectivity index (χ4v) is 3.10. The molecule has 0 aliphatic heterocycles. The van der Waals surface area contributed by atoms with Crippen LogP contribution in [-0.4, -0.2) is 13.1 Å². The van der Waals surface area contributed by atoms with Gasteiger partial charge >= 0.3 is 6.18 Å². The standard InChI is InChI=1S/C15H21F3N2/c1-10-5-3-4-6-13(10)20(2)14-8-7-11(9-12(14)19)15(16,17)18/h7-10,13H,3-6,19H2,1-2H3. The Kier molecular flexibility index (Phi) is 4.16. The average molecular weight is 286 g/mol. The highest BCUT2D eigenvalue weighted by Gasteiger charge is 2.32. The van der Waals surface area contributed by atoms with E-state index >= 15 is 0 Å². The van der Waals surface area contributed by atoms with Crippen LogP contribution in [0.4, 0.5) is 24.5 Å². The minimum atomic E-state index is -4.34. The molecule has 0 spiro atoms. The van der Waals surface area contributed by atoms with Crippen molar-refractivity contribution in [3.05, 3.63) is 23.8 Å². The number of nitrogens with zero attached hydrogens (tertiary/aromatic N) is 1. The summed E-state index contributed by atoms with van der Waals surface area (Å²) in [6, 6.07) is 3.97. The lowest BCUT2D eigenvalue weighted by Gasteiger charge is -2.38. The molecule has 1 aromatic rings. The summed E-state index contributed by atoms with van der Waals surface area (Å²) in [6.45, 7) is 2.20. The largest absolute Gasteiger partial charge is 0.416 e. The zero-order valence-corrected chi connectivity index (χ0v) is 11.9. The van der Waals surface area contributed by atoms with Gasteiger partial charge in [-0.25, -0.2) is 0 Å². The monoisotopic (exact) mass is 286 g/mol. The van der Waals surface area contributed by atoms with Gasteiger partial charge < -0.3 is 10.6 Å². The summed E-state index contributed by atoms with van der Waals surface area (Å²) in [5, 5.41) is 0. The molecule has 2 N–H and O–H groups in total. The summed E-state index contributed by atoms with van der Waals surface area (Å²) in [5.41, 5.74) is 6.02. The third-order valence-electron chi connectivity index (χ3n) is 4.30. The molecule has 0 heterocycles. The quantitative estimate of drug-likeness (QED) is 0.821. The second kappa shape index (κ2) is 5.54. The smallest absolute Gasteiger partial charge is 0.397 e. The van der Waals surface area contributed by atoms with Gasteiger partial charge in [0.15, 0.2) is 0 Å². The van der Waals surface area contributed by atoms with Gasteiger partial charge in [-0.15, -0.1) is 0 Å². The first-order valence-corrected chi connectivity index (χ1v) is 7.00. The number of halogens is 3. The summed E-state index contributed by atoms with van der Waals surface area (Å²) in [4.78, 5) is 2.04. The van der Waals surface area contributed by atoms with E-state index < -0.39 is 11.7 Å². The highest BCUT2D eigenvalue weighted by Crippen LogP contribution is 2.36. The van der Waals surface area contributed by atoms with Gasteiger partial charge in [-0.1, -0.05) is 19.8 Å². The van der Waals surface area contributed by atoms with Crippen molar-refractivity contribution in [3.63, 3.8) is 0 Å². The molecule has 2 unspecified atom stereocenters. The lowest BCUT2D eigenvalue weighted by Crippen LogP contribution is -2.39. The highest BCUT2D eigenvalue weighted by atomic mass is 19.4. The second-order valence-corrected chi connectivity index (χ2v) is 5.71. The van der Waals surface area contributed by atoms with Crippen LogP contribution in [0, 0.1) is 5.92 Å². The van der Waals surface area contributed by atoms with Gasteiger partial charge in [0.25, 0.3) is 0 Å². The van der Waals surface area contributed by atoms with Crippen molar-refractivity contribution >= 4 is 11.4 Å². The Hall–Kier alpha value is -1.39. The topological polar surface area (TPSA) is 29.3 Å². The SMILES string of the molecule is CC1CCCCC1N(C)c1ccc(C(F)(F)F)cc1N. The Morgan fingerprint density at radius 2 is 1.85 bits per heavy atom. The van der Waals surface area contributed by atoms with Crippen LogP contribution in [-0.2, 0) is 6.18 Å². The van der Waals surface area contributed by atoms with E-state index in [0.29, 0.717) is 17.6 Å². The molecule has 0 saturated heterocycles. The Balaban J connectivity index is 2.24. The van der Waals surface area contributed by atoms with Crippen molar-refractivity contribution in [2.75, 3.05) is 17.7 Å². The summed E-state index contributed by atoms with van der Waals surface area (Å²) >= 11 is 0. The number of nitrogen functional groups attached to an aromatic ring is 1. The van der Waals surface area contributed by atoms with Crippen molar-refractivity contribution in [2.45, 2.75) is 44.8 Å². The van der Waals surface area contributed by atoms with Crippen molar-refractivity contribution < 1.29 is 13.2 Å². The molecular formula is C15H21F3N2. The first-order valence-electron chi connectivity index (χ1n) is 7.00. The molecule has 2 rings (SSSR count). The molecule has 112 valence electrons. The Labute approximate surface area is 117 Å². The van der Waals surface area contributed by atoms with E-state index in [1.807, 2.05) is 11.9 Å². The average Bonchev–Trinajstić information content (AvgIpc) is 2.37. The molecule has 2 nitrogen and oxygen atoms in total. The molecule has 0 radical (unpaired) electrons. The van der Waals surface area contributed by atoms with Crippen LogP contribution in [0.5, 0.6) is 0 Å². The van der Waals surface area contributed by atoms with Crippen LogP contribution < -0.4 is 10.6 Å².